The van der Waals surface area contributed by atoms with Crippen LogP contribution in [0, 0.1) is 5.82 Å². The Morgan fingerprint density at radius 2 is 1.92 bits per heavy atom. The number of benzene rings is 1. The number of anilines is 6. The lowest BCUT2D eigenvalue weighted by Gasteiger charge is -2.34. The summed E-state index contributed by atoms with van der Waals surface area (Å²) in [6.45, 7) is 3.95. The number of amides is 1. The molecule has 10 nitrogen and oxygen atoms in total. The van der Waals surface area contributed by atoms with Crippen LogP contribution in [0.4, 0.5) is 39.2 Å². The Kier molecular flexibility index (Phi) is 5.76. The van der Waals surface area contributed by atoms with Crippen LogP contribution in [0.2, 0.25) is 0 Å². The molecular weight excluding hydrogens is 463 g/mol. The molecule has 2 aliphatic heterocycles. The summed E-state index contributed by atoms with van der Waals surface area (Å²) in [5, 5.41) is 8.77. The molecule has 1 saturated heterocycles. The van der Waals surface area contributed by atoms with Gasteiger partial charge in [0.25, 0.3) is 5.91 Å². The minimum atomic E-state index is -0.620. The van der Waals surface area contributed by atoms with Crippen molar-refractivity contribution < 1.29 is 13.9 Å². The van der Waals surface area contributed by atoms with Gasteiger partial charge in [0.2, 0.25) is 5.95 Å². The second-order valence-corrected chi connectivity index (χ2v) is 9.40. The van der Waals surface area contributed by atoms with E-state index in [1.165, 1.54) is 24.1 Å². The monoisotopic (exact) mass is 490 g/mol. The van der Waals surface area contributed by atoms with Gasteiger partial charge >= 0.3 is 0 Å². The van der Waals surface area contributed by atoms with Gasteiger partial charge in [0.1, 0.15) is 5.82 Å². The van der Waals surface area contributed by atoms with Crippen LogP contribution in [-0.2, 0) is 4.79 Å². The van der Waals surface area contributed by atoms with Gasteiger partial charge in [-0.25, -0.2) is 14.4 Å². The lowest BCUT2D eigenvalue weighted by atomic mass is 10.1. The van der Waals surface area contributed by atoms with E-state index in [1.807, 2.05) is 0 Å². The van der Waals surface area contributed by atoms with Gasteiger partial charge in [-0.15, -0.1) is 0 Å². The normalized spacial score (nSPS) is 17.7. The highest BCUT2D eigenvalue weighted by atomic mass is 19.1. The standard InChI is InChI=1S/C25H27FN8O2/c1-33-6-8-34(9-7-33)18-11-16(15-2-3-15)10-17(12-18)28-25-27-13-19(26)23(32-25)29-21-5-4-20-24(30-21)31-22(35)14-36-20/h4-5,10-13,15H,2-3,6-9,14H2,1H3,(H3,27,28,29,30,31,32,35). The summed E-state index contributed by atoms with van der Waals surface area (Å²) in [5.41, 5.74) is 3.35. The van der Waals surface area contributed by atoms with E-state index in [1.54, 1.807) is 12.1 Å². The first-order valence-corrected chi connectivity index (χ1v) is 12.1. The first kappa shape index (κ1) is 22.5. The second-order valence-electron chi connectivity index (χ2n) is 9.40. The highest BCUT2D eigenvalue weighted by molar-refractivity contribution is 5.94. The van der Waals surface area contributed by atoms with Crippen molar-refractivity contribution in [3.63, 3.8) is 0 Å². The third kappa shape index (κ3) is 4.87. The highest BCUT2D eigenvalue weighted by Gasteiger charge is 2.26. The maximum Gasteiger partial charge on any atom is 0.263 e. The summed E-state index contributed by atoms with van der Waals surface area (Å²) >= 11 is 0. The Hall–Kier alpha value is -3.99. The van der Waals surface area contributed by atoms with E-state index < -0.39 is 5.82 Å². The number of pyridine rings is 1. The molecule has 0 atom stereocenters. The van der Waals surface area contributed by atoms with Gasteiger partial charge in [0.05, 0.1) is 6.20 Å². The minimum Gasteiger partial charge on any atom is -0.480 e. The molecule has 3 aromatic rings. The van der Waals surface area contributed by atoms with Gasteiger partial charge < -0.3 is 30.5 Å². The van der Waals surface area contributed by atoms with Crippen LogP contribution < -0.4 is 25.6 Å². The molecule has 3 N–H and O–H groups in total. The minimum absolute atomic E-state index is 0.0272. The van der Waals surface area contributed by atoms with Gasteiger partial charge in [-0.05, 0) is 61.7 Å². The largest absolute Gasteiger partial charge is 0.480 e. The summed E-state index contributed by atoms with van der Waals surface area (Å²) in [6.07, 6.45) is 3.52. The molecule has 186 valence electrons. The number of nitrogens with zero attached hydrogens (tertiary/aromatic N) is 5. The van der Waals surface area contributed by atoms with Crippen molar-refractivity contribution in [2.24, 2.45) is 0 Å². The summed E-state index contributed by atoms with van der Waals surface area (Å²) in [6, 6.07) is 9.81. The molecule has 4 heterocycles. The maximum atomic E-state index is 14.6. The number of aromatic nitrogens is 3. The molecule has 1 amide bonds. The molecule has 36 heavy (non-hydrogen) atoms. The van der Waals surface area contributed by atoms with Crippen molar-refractivity contribution in [2.75, 3.05) is 60.7 Å². The predicted octanol–water partition coefficient (Wildman–Crippen LogP) is 3.46. The third-order valence-corrected chi connectivity index (χ3v) is 6.58. The van der Waals surface area contributed by atoms with Crippen LogP contribution in [0.15, 0.2) is 36.5 Å². The van der Waals surface area contributed by atoms with Gasteiger partial charge in [0, 0.05) is 37.6 Å². The van der Waals surface area contributed by atoms with Crippen molar-refractivity contribution in [1.82, 2.24) is 19.9 Å². The fourth-order valence-electron chi connectivity index (χ4n) is 4.41. The maximum absolute atomic E-state index is 14.6. The zero-order valence-electron chi connectivity index (χ0n) is 19.9. The Morgan fingerprint density at radius 1 is 1.08 bits per heavy atom. The average Bonchev–Trinajstić information content (AvgIpc) is 3.72. The number of halogens is 1. The van der Waals surface area contributed by atoms with Gasteiger partial charge in [-0.1, -0.05) is 0 Å². The Balaban J connectivity index is 1.23. The molecule has 0 spiro atoms. The van der Waals surface area contributed by atoms with Crippen molar-refractivity contribution in [2.45, 2.75) is 18.8 Å². The van der Waals surface area contributed by atoms with Crippen molar-refractivity contribution in [3.05, 3.63) is 47.9 Å². The van der Waals surface area contributed by atoms with Gasteiger partial charge in [-0.2, -0.15) is 4.98 Å². The van der Waals surface area contributed by atoms with E-state index in [4.69, 9.17) is 4.74 Å². The molecule has 11 heteroatoms. The molecule has 0 bridgehead atoms. The lowest BCUT2D eigenvalue weighted by molar-refractivity contribution is -0.118. The van der Waals surface area contributed by atoms with E-state index in [9.17, 15) is 9.18 Å². The van der Waals surface area contributed by atoms with E-state index in [2.05, 4.69) is 65.9 Å². The summed E-state index contributed by atoms with van der Waals surface area (Å²) < 4.78 is 19.9. The number of likely N-dealkylation sites (N-methyl/N-ethyl adjacent to an activating group) is 1. The highest BCUT2D eigenvalue weighted by Crippen LogP contribution is 2.42. The predicted molar refractivity (Wildman–Crippen MR) is 135 cm³/mol. The van der Waals surface area contributed by atoms with Crippen LogP contribution in [0.3, 0.4) is 0 Å². The van der Waals surface area contributed by atoms with Crippen molar-refractivity contribution in [3.8, 4) is 5.75 Å². The van der Waals surface area contributed by atoms with Gasteiger partial charge in [-0.3, -0.25) is 4.79 Å². The number of nitrogens with one attached hydrogen (secondary N) is 3. The first-order valence-electron chi connectivity index (χ1n) is 12.1. The Morgan fingerprint density at radius 3 is 2.72 bits per heavy atom. The average molecular weight is 491 g/mol. The molecule has 2 fully saturated rings. The molecule has 2 aromatic heterocycles. The third-order valence-electron chi connectivity index (χ3n) is 6.58. The van der Waals surface area contributed by atoms with E-state index in [0.29, 0.717) is 17.5 Å². The Bertz CT molecular complexity index is 1310. The lowest BCUT2D eigenvalue weighted by Crippen LogP contribution is -2.44. The molecular formula is C25H27FN8O2. The molecule has 3 aliphatic rings. The summed E-state index contributed by atoms with van der Waals surface area (Å²) in [4.78, 5) is 29.1. The fraction of sp³-hybridized carbons (Fsp3) is 0.360. The molecule has 0 radical (unpaired) electrons. The number of hydrogen-bond acceptors (Lipinski definition) is 9. The molecule has 6 rings (SSSR count). The van der Waals surface area contributed by atoms with Crippen LogP contribution in [0.25, 0.3) is 0 Å². The van der Waals surface area contributed by atoms with Crippen LogP contribution in [0.5, 0.6) is 5.75 Å². The van der Waals surface area contributed by atoms with Crippen LogP contribution in [-0.4, -0.2) is 65.6 Å². The smallest absolute Gasteiger partial charge is 0.263 e. The molecule has 0 unspecified atom stereocenters. The zero-order chi connectivity index (χ0) is 24.6. The summed E-state index contributed by atoms with van der Waals surface area (Å²) in [7, 11) is 2.14. The fourth-order valence-corrected chi connectivity index (χ4v) is 4.41. The number of fused-ring (bicyclic) bond motifs is 1. The number of ether oxygens (including phenoxy) is 1. The molecule has 1 aromatic carbocycles. The number of carbonyl (C=O) groups is 1. The topological polar surface area (TPSA) is 108 Å². The molecule has 1 aliphatic carbocycles. The van der Waals surface area contributed by atoms with E-state index in [0.717, 1.165) is 38.1 Å². The number of carbonyl (C=O) groups excluding carboxylic acids is 1. The molecule has 1 saturated carbocycles. The zero-order valence-corrected chi connectivity index (χ0v) is 19.9. The Labute approximate surface area is 207 Å². The second kappa shape index (κ2) is 9.23. The van der Waals surface area contributed by atoms with Crippen molar-refractivity contribution >= 4 is 40.7 Å². The number of rotatable bonds is 6. The summed E-state index contributed by atoms with van der Waals surface area (Å²) in [5.74, 6) is 0.961. The van der Waals surface area contributed by atoms with Crippen LogP contribution in [0.1, 0.15) is 24.3 Å². The quantitative estimate of drug-likeness (QED) is 0.479. The van der Waals surface area contributed by atoms with Crippen molar-refractivity contribution in [1.29, 1.82) is 0 Å². The SMILES string of the molecule is CN1CCN(c2cc(Nc3ncc(F)c(Nc4ccc5c(n4)NC(=O)CO5)n3)cc(C3CC3)c2)CC1. The van der Waals surface area contributed by atoms with E-state index >= 15 is 0 Å². The van der Waals surface area contributed by atoms with E-state index in [-0.39, 0.29) is 30.1 Å². The number of hydrogen-bond donors (Lipinski definition) is 3. The first-order chi connectivity index (χ1) is 17.5. The van der Waals surface area contributed by atoms with Crippen LogP contribution >= 0.6 is 0 Å². The number of piperazine rings is 1. The van der Waals surface area contributed by atoms with Gasteiger partial charge in [0.15, 0.2) is 29.8 Å².